The van der Waals surface area contributed by atoms with E-state index < -0.39 is 11.8 Å². The van der Waals surface area contributed by atoms with Gasteiger partial charge in [0.2, 0.25) is 11.6 Å². The van der Waals surface area contributed by atoms with Gasteiger partial charge in [0.1, 0.15) is 5.76 Å². The number of H-pyrrole nitrogens is 1. The van der Waals surface area contributed by atoms with E-state index in [0.717, 1.165) is 17.2 Å². The minimum Gasteiger partial charge on any atom is -0.507 e. The second-order valence-corrected chi connectivity index (χ2v) is 7.09. The van der Waals surface area contributed by atoms with E-state index in [2.05, 4.69) is 20.6 Å². The summed E-state index contributed by atoms with van der Waals surface area (Å²) in [4.78, 5) is 23.8. The van der Waals surface area contributed by atoms with E-state index in [-0.39, 0.29) is 11.6 Å². The molecule has 0 amide bonds. The Bertz CT molecular complexity index is 1290. The monoisotopic (exact) mass is 437 g/mol. The van der Waals surface area contributed by atoms with E-state index in [4.69, 9.17) is 16.3 Å². The Morgan fingerprint density at radius 3 is 2.68 bits per heavy atom. The number of ether oxygens (including phenoxy) is 1. The maximum absolute atomic E-state index is 12.2. The van der Waals surface area contributed by atoms with Gasteiger partial charge in [-0.25, -0.2) is 4.79 Å². The van der Waals surface area contributed by atoms with Crippen LogP contribution in [0.2, 0.25) is 5.02 Å². The van der Waals surface area contributed by atoms with Gasteiger partial charge in [0.25, 0.3) is 0 Å². The van der Waals surface area contributed by atoms with Crippen LogP contribution in [-0.2, 0) is 11.3 Å². The number of nitrogens with zero attached hydrogens (tertiary/aromatic N) is 4. The third kappa shape index (κ3) is 4.17. The van der Waals surface area contributed by atoms with Crippen LogP contribution in [0, 0.1) is 0 Å². The molecule has 2 aromatic heterocycles. The van der Waals surface area contributed by atoms with Crippen molar-refractivity contribution in [3.63, 3.8) is 0 Å². The standard InChI is InChI=1S/C21H16ClN5O4/c1-31-21(30)13-4-2-12(3-5-13)10-27-11-16(15-8-14(22)6-7-17(15)27)18(28)9-19(29)20-23-25-26-24-20/h2-9,11,28H,10H2,1H3,(H,23,24,25,26). The highest BCUT2D eigenvalue weighted by atomic mass is 35.5. The summed E-state index contributed by atoms with van der Waals surface area (Å²) in [6.45, 7) is 0.464. The number of rotatable bonds is 6. The fourth-order valence-electron chi connectivity index (χ4n) is 3.20. The van der Waals surface area contributed by atoms with Gasteiger partial charge in [0.05, 0.1) is 12.7 Å². The first-order valence-corrected chi connectivity index (χ1v) is 9.48. The van der Waals surface area contributed by atoms with Gasteiger partial charge in [-0.05, 0) is 41.1 Å². The largest absolute Gasteiger partial charge is 0.507 e. The van der Waals surface area contributed by atoms with Gasteiger partial charge in [-0.2, -0.15) is 5.21 Å². The Hall–Kier alpha value is -3.98. The van der Waals surface area contributed by atoms with Crippen LogP contribution in [0.25, 0.3) is 16.7 Å². The molecule has 2 N–H and O–H groups in total. The number of tetrazole rings is 1. The molecule has 4 rings (SSSR count). The van der Waals surface area contributed by atoms with Crippen LogP contribution in [0.15, 0.2) is 54.7 Å². The highest BCUT2D eigenvalue weighted by molar-refractivity contribution is 6.31. The van der Waals surface area contributed by atoms with Gasteiger partial charge in [-0.15, -0.1) is 10.2 Å². The number of aliphatic hydroxyl groups is 1. The average molecular weight is 438 g/mol. The van der Waals surface area contributed by atoms with E-state index in [1.807, 2.05) is 22.8 Å². The Morgan fingerprint density at radius 2 is 2.00 bits per heavy atom. The summed E-state index contributed by atoms with van der Waals surface area (Å²) in [5.41, 5.74) is 2.62. The number of ketones is 1. The molecule has 0 spiro atoms. The second kappa shape index (κ2) is 8.41. The van der Waals surface area contributed by atoms with Gasteiger partial charge in [0, 0.05) is 40.3 Å². The van der Waals surface area contributed by atoms with Crippen LogP contribution in [0.5, 0.6) is 0 Å². The lowest BCUT2D eigenvalue weighted by Crippen LogP contribution is -2.02. The lowest BCUT2D eigenvalue weighted by molar-refractivity contribution is 0.0600. The molecule has 2 aromatic carbocycles. The van der Waals surface area contributed by atoms with Crippen LogP contribution < -0.4 is 0 Å². The number of aromatic nitrogens is 5. The molecule has 0 aliphatic heterocycles. The van der Waals surface area contributed by atoms with E-state index in [9.17, 15) is 14.7 Å². The van der Waals surface area contributed by atoms with Crippen molar-refractivity contribution in [2.75, 3.05) is 7.11 Å². The van der Waals surface area contributed by atoms with Crippen LogP contribution >= 0.6 is 11.6 Å². The summed E-state index contributed by atoms with van der Waals surface area (Å²) in [7, 11) is 1.33. The lowest BCUT2D eigenvalue weighted by atomic mass is 10.1. The predicted octanol–water partition coefficient (Wildman–Crippen LogP) is 3.42. The molecule has 10 heteroatoms. The highest BCUT2D eigenvalue weighted by Gasteiger charge is 2.16. The van der Waals surface area contributed by atoms with Gasteiger partial charge < -0.3 is 14.4 Å². The predicted molar refractivity (Wildman–Crippen MR) is 113 cm³/mol. The zero-order valence-corrected chi connectivity index (χ0v) is 17.0. The minimum absolute atomic E-state index is 0.154. The summed E-state index contributed by atoms with van der Waals surface area (Å²) in [6, 6.07) is 12.3. The van der Waals surface area contributed by atoms with Gasteiger partial charge >= 0.3 is 5.97 Å². The first kappa shape index (κ1) is 20.3. The molecule has 0 unspecified atom stereocenters. The number of aromatic amines is 1. The molecule has 156 valence electrons. The van der Waals surface area contributed by atoms with Gasteiger partial charge in [-0.1, -0.05) is 23.7 Å². The van der Waals surface area contributed by atoms with Crippen molar-refractivity contribution in [1.29, 1.82) is 0 Å². The first-order chi connectivity index (χ1) is 15.0. The maximum atomic E-state index is 12.2. The molecule has 0 fully saturated rings. The number of fused-ring (bicyclic) bond motifs is 1. The number of methoxy groups -OCH3 is 1. The van der Waals surface area contributed by atoms with E-state index in [1.165, 1.54) is 7.11 Å². The van der Waals surface area contributed by atoms with Crippen LogP contribution in [-0.4, -0.2) is 49.2 Å². The summed E-state index contributed by atoms with van der Waals surface area (Å²) in [5.74, 6) is -1.40. The molecule has 2 heterocycles. The summed E-state index contributed by atoms with van der Waals surface area (Å²) in [5, 5.41) is 24.6. The Labute approximate surface area is 180 Å². The van der Waals surface area contributed by atoms with E-state index in [1.54, 1.807) is 30.5 Å². The Kier molecular flexibility index (Phi) is 5.50. The minimum atomic E-state index is -0.590. The van der Waals surface area contributed by atoms with Crippen molar-refractivity contribution in [1.82, 2.24) is 25.2 Å². The summed E-state index contributed by atoms with van der Waals surface area (Å²) >= 11 is 6.16. The van der Waals surface area contributed by atoms with E-state index >= 15 is 0 Å². The van der Waals surface area contributed by atoms with Crippen LogP contribution in [0.1, 0.15) is 32.1 Å². The Balaban J connectivity index is 1.70. The average Bonchev–Trinajstić information content (AvgIpc) is 3.42. The molecule has 31 heavy (non-hydrogen) atoms. The summed E-state index contributed by atoms with van der Waals surface area (Å²) in [6.07, 6.45) is 2.76. The van der Waals surface area contributed by atoms with Crippen molar-refractivity contribution in [2.24, 2.45) is 0 Å². The Morgan fingerprint density at radius 1 is 1.23 bits per heavy atom. The molecular formula is C21H16ClN5O4. The van der Waals surface area contributed by atoms with Gasteiger partial charge in [-0.3, -0.25) is 4.79 Å². The SMILES string of the molecule is COC(=O)c1ccc(Cn2cc(C(O)=CC(=O)c3nn[nH]n3)c3cc(Cl)ccc32)cc1. The number of halogens is 1. The quantitative estimate of drug-likeness (QED) is 0.205. The third-order valence-electron chi connectivity index (χ3n) is 4.68. The number of aliphatic hydroxyl groups excluding tert-OH is 1. The number of carbonyl (C=O) groups excluding carboxylic acids is 2. The third-order valence-corrected chi connectivity index (χ3v) is 4.92. The van der Waals surface area contributed by atoms with Gasteiger partial charge in [0.15, 0.2) is 0 Å². The number of hydrogen-bond acceptors (Lipinski definition) is 7. The molecular weight excluding hydrogens is 422 g/mol. The number of esters is 1. The molecule has 0 aliphatic rings. The molecule has 0 saturated heterocycles. The maximum Gasteiger partial charge on any atom is 0.337 e. The number of carbonyl (C=O) groups is 2. The van der Waals surface area contributed by atoms with Crippen LogP contribution in [0.4, 0.5) is 0 Å². The summed E-state index contributed by atoms with van der Waals surface area (Å²) < 4.78 is 6.63. The number of allylic oxidation sites excluding steroid dienone is 1. The smallest absolute Gasteiger partial charge is 0.337 e. The molecule has 9 nitrogen and oxygen atoms in total. The second-order valence-electron chi connectivity index (χ2n) is 6.65. The van der Waals surface area contributed by atoms with Crippen molar-refractivity contribution in [3.8, 4) is 0 Å². The topological polar surface area (TPSA) is 123 Å². The van der Waals surface area contributed by atoms with Crippen molar-refractivity contribution >= 4 is 40.0 Å². The molecule has 0 atom stereocenters. The molecule has 0 bridgehead atoms. The normalized spacial score (nSPS) is 11.6. The number of hydrogen-bond donors (Lipinski definition) is 2. The van der Waals surface area contributed by atoms with Crippen molar-refractivity contribution in [2.45, 2.75) is 6.54 Å². The fourth-order valence-corrected chi connectivity index (χ4v) is 3.37. The molecule has 4 aromatic rings. The first-order valence-electron chi connectivity index (χ1n) is 9.10. The molecule has 0 radical (unpaired) electrons. The molecule has 0 aliphatic carbocycles. The zero-order valence-electron chi connectivity index (χ0n) is 16.2. The van der Waals surface area contributed by atoms with Crippen LogP contribution in [0.3, 0.4) is 0 Å². The fraction of sp³-hybridized carbons (Fsp3) is 0.0952. The zero-order chi connectivity index (χ0) is 22.0. The highest BCUT2D eigenvalue weighted by Crippen LogP contribution is 2.29. The van der Waals surface area contributed by atoms with Crippen molar-refractivity contribution < 1.29 is 19.4 Å². The number of nitrogens with one attached hydrogen (secondary N) is 1. The van der Waals surface area contributed by atoms with E-state index in [0.29, 0.717) is 28.1 Å². The number of benzene rings is 2. The van der Waals surface area contributed by atoms with Crippen molar-refractivity contribution in [3.05, 3.63) is 82.3 Å². The molecule has 0 saturated carbocycles. The lowest BCUT2D eigenvalue weighted by Gasteiger charge is -2.07.